The number of aromatic nitrogens is 5. The van der Waals surface area contributed by atoms with Crippen LogP contribution in [0.3, 0.4) is 0 Å². The molecule has 1 saturated carbocycles. The molecule has 1 fully saturated rings. The first kappa shape index (κ1) is 13.1. The summed E-state index contributed by atoms with van der Waals surface area (Å²) in [6, 6.07) is 2.06. The summed E-state index contributed by atoms with van der Waals surface area (Å²) in [6.07, 6.45) is 2.19. The lowest BCUT2D eigenvalue weighted by molar-refractivity contribution is -0.115. The topological polar surface area (TPSA) is 98.7 Å². The molecular weight excluding hydrogens is 280 g/mol. The fourth-order valence-corrected chi connectivity index (χ4v) is 2.54. The van der Waals surface area contributed by atoms with E-state index in [4.69, 9.17) is 4.52 Å². The van der Waals surface area contributed by atoms with Crippen LogP contribution in [0.2, 0.25) is 0 Å². The van der Waals surface area contributed by atoms with Crippen LogP contribution in [0.5, 0.6) is 0 Å². The second-order valence-electron chi connectivity index (χ2n) is 4.71. The number of amides is 1. The Morgan fingerprint density at radius 2 is 2.40 bits per heavy atom. The summed E-state index contributed by atoms with van der Waals surface area (Å²) in [5, 5.41) is 18.4. The monoisotopic (exact) mass is 294 g/mol. The highest BCUT2D eigenvalue weighted by molar-refractivity contribution is 8.00. The molecular formula is C11H14N6O2S. The zero-order valence-electron chi connectivity index (χ0n) is 11.1. The van der Waals surface area contributed by atoms with Gasteiger partial charge in [-0.15, -0.1) is 5.10 Å². The molecule has 8 nitrogen and oxygen atoms in total. The van der Waals surface area contributed by atoms with E-state index in [-0.39, 0.29) is 11.2 Å². The maximum absolute atomic E-state index is 12.1. The van der Waals surface area contributed by atoms with Crippen molar-refractivity contribution >= 4 is 23.5 Å². The van der Waals surface area contributed by atoms with Gasteiger partial charge in [0.15, 0.2) is 5.82 Å². The van der Waals surface area contributed by atoms with Gasteiger partial charge in [0.25, 0.3) is 0 Å². The number of tetrazole rings is 1. The van der Waals surface area contributed by atoms with Crippen LogP contribution in [0.25, 0.3) is 0 Å². The molecule has 1 aliphatic carbocycles. The number of nitrogens with zero attached hydrogens (tertiary/aromatic N) is 5. The molecule has 0 saturated heterocycles. The van der Waals surface area contributed by atoms with Gasteiger partial charge in [-0.1, -0.05) is 16.9 Å². The second-order valence-corrected chi connectivity index (χ2v) is 6.02. The number of carbonyl (C=O) groups excluding carboxylic acids is 1. The van der Waals surface area contributed by atoms with Crippen molar-refractivity contribution in [3.8, 4) is 0 Å². The van der Waals surface area contributed by atoms with Gasteiger partial charge in [0, 0.05) is 6.07 Å². The average molecular weight is 294 g/mol. The smallest absolute Gasteiger partial charge is 0.238 e. The van der Waals surface area contributed by atoms with Crippen molar-refractivity contribution in [3.05, 3.63) is 11.8 Å². The number of nitrogens with one attached hydrogen (secondary N) is 1. The van der Waals surface area contributed by atoms with Gasteiger partial charge in [0.2, 0.25) is 11.1 Å². The molecule has 20 heavy (non-hydrogen) atoms. The third-order valence-electron chi connectivity index (χ3n) is 2.89. The van der Waals surface area contributed by atoms with Crippen LogP contribution in [0.4, 0.5) is 5.82 Å². The highest BCUT2D eigenvalue weighted by Gasteiger charge is 2.29. The molecule has 0 radical (unpaired) electrons. The molecule has 0 aliphatic heterocycles. The van der Waals surface area contributed by atoms with Gasteiger partial charge in [-0.2, -0.15) is 0 Å². The normalized spacial score (nSPS) is 16.1. The Balaban J connectivity index is 1.61. The zero-order chi connectivity index (χ0) is 14.1. The van der Waals surface area contributed by atoms with Crippen molar-refractivity contribution in [2.24, 2.45) is 0 Å². The van der Waals surface area contributed by atoms with Crippen LogP contribution in [-0.2, 0) is 4.79 Å². The molecule has 2 aromatic heterocycles. The molecule has 0 spiro atoms. The summed E-state index contributed by atoms with van der Waals surface area (Å²) in [5.74, 6) is 0.911. The molecule has 2 heterocycles. The average Bonchev–Trinajstić information content (AvgIpc) is 3.03. The van der Waals surface area contributed by atoms with Crippen molar-refractivity contribution < 1.29 is 9.32 Å². The largest absolute Gasteiger partial charge is 0.360 e. The van der Waals surface area contributed by atoms with E-state index >= 15 is 0 Å². The van der Waals surface area contributed by atoms with E-state index in [1.807, 2.05) is 0 Å². The van der Waals surface area contributed by atoms with Crippen LogP contribution in [0.15, 0.2) is 15.7 Å². The predicted molar refractivity (Wildman–Crippen MR) is 71.3 cm³/mol. The minimum atomic E-state index is -0.324. The van der Waals surface area contributed by atoms with E-state index < -0.39 is 0 Å². The third kappa shape index (κ3) is 2.82. The van der Waals surface area contributed by atoms with E-state index in [0.29, 0.717) is 22.8 Å². The lowest BCUT2D eigenvalue weighted by Gasteiger charge is -2.09. The molecule has 1 aliphatic rings. The SMILES string of the molecule is Cc1cc(NC(=O)[C@@H](C)Sc2nnnn2C2CC2)no1. The molecule has 0 bridgehead atoms. The first-order valence-electron chi connectivity index (χ1n) is 6.32. The van der Waals surface area contributed by atoms with Gasteiger partial charge < -0.3 is 9.84 Å². The number of aryl methyl sites for hydroxylation is 1. The minimum Gasteiger partial charge on any atom is -0.360 e. The molecule has 9 heteroatoms. The van der Waals surface area contributed by atoms with E-state index in [0.717, 1.165) is 12.8 Å². The Morgan fingerprint density at radius 3 is 3.05 bits per heavy atom. The van der Waals surface area contributed by atoms with Gasteiger partial charge in [-0.25, -0.2) is 4.68 Å². The van der Waals surface area contributed by atoms with E-state index in [9.17, 15) is 4.79 Å². The Morgan fingerprint density at radius 1 is 1.60 bits per heavy atom. The Bertz CT molecular complexity index is 620. The lowest BCUT2D eigenvalue weighted by atomic mass is 10.4. The maximum atomic E-state index is 12.1. The molecule has 3 rings (SSSR count). The summed E-state index contributed by atoms with van der Waals surface area (Å²) in [4.78, 5) is 12.1. The predicted octanol–water partition coefficient (Wildman–Crippen LogP) is 1.42. The fourth-order valence-electron chi connectivity index (χ4n) is 1.68. The van der Waals surface area contributed by atoms with Crippen LogP contribution in [-0.4, -0.2) is 36.5 Å². The summed E-state index contributed by atoms with van der Waals surface area (Å²) in [5.41, 5.74) is 0. The number of thioether (sulfide) groups is 1. The van der Waals surface area contributed by atoms with Crippen LogP contribution >= 0.6 is 11.8 Å². The molecule has 0 unspecified atom stereocenters. The highest BCUT2D eigenvalue weighted by Crippen LogP contribution is 2.37. The van der Waals surface area contributed by atoms with Gasteiger partial charge in [0.05, 0.1) is 11.3 Å². The van der Waals surface area contributed by atoms with Crippen LogP contribution < -0.4 is 5.32 Å². The summed E-state index contributed by atoms with van der Waals surface area (Å²) < 4.78 is 6.69. The van der Waals surface area contributed by atoms with Gasteiger partial charge in [0.1, 0.15) is 5.76 Å². The van der Waals surface area contributed by atoms with E-state index in [1.165, 1.54) is 11.8 Å². The van der Waals surface area contributed by atoms with Gasteiger partial charge in [-0.05, 0) is 37.1 Å². The zero-order valence-corrected chi connectivity index (χ0v) is 11.9. The fraction of sp³-hybridized carbons (Fsp3) is 0.545. The van der Waals surface area contributed by atoms with Crippen molar-refractivity contribution in [1.82, 2.24) is 25.4 Å². The van der Waals surface area contributed by atoms with Crippen molar-refractivity contribution in [2.75, 3.05) is 5.32 Å². The Hall–Kier alpha value is -1.90. The highest BCUT2D eigenvalue weighted by atomic mass is 32.2. The molecule has 1 N–H and O–H groups in total. The maximum Gasteiger partial charge on any atom is 0.238 e. The third-order valence-corrected chi connectivity index (χ3v) is 3.93. The molecule has 0 aromatic carbocycles. The number of hydrogen-bond donors (Lipinski definition) is 1. The van der Waals surface area contributed by atoms with Crippen LogP contribution in [0, 0.1) is 6.92 Å². The van der Waals surface area contributed by atoms with E-state index in [1.54, 1.807) is 24.6 Å². The second kappa shape index (κ2) is 5.23. The van der Waals surface area contributed by atoms with Crippen molar-refractivity contribution in [1.29, 1.82) is 0 Å². The number of hydrogen-bond acceptors (Lipinski definition) is 7. The van der Waals surface area contributed by atoms with E-state index in [2.05, 4.69) is 26.0 Å². The lowest BCUT2D eigenvalue weighted by Crippen LogP contribution is -2.23. The minimum absolute atomic E-state index is 0.159. The summed E-state index contributed by atoms with van der Waals surface area (Å²) in [6.45, 7) is 3.57. The molecule has 1 atom stereocenters. The molecule has 106 valence electrons. The Labute approximate surface area is 119 Å². The summed E-state index contributed by atoms with van der Waals surface area (Å²) in [7, 11) is 0. The first-order chi connectivity index (χ1) is 9.63. The van der Waals surface area contributed by atoms with Crippen molar-refractivity contribution in [3.63, 3.8) is 0 Å². The van der Waals surface area contributed by atoms with Gasteiger partial charge >= 0.3 is 0 Å². The Kier molecular flexibility index (Phi) is 3.43. The summed E-state index contributed by atoms with van der Waals surface area (Å²) >= 11 is 1.34. The quantitative estimate of drug-likeness (QED) is 0.832. The number of rotatable bonds is 5. The van der Waals surface area contributed by atoms with Crippen LogP contribution in [0.1, 0.15) is 31.6 Å². The van der Waals surface area contributed by atoms with Gasteiger partial charge in [-0.3, -0.25) is 4.79 Å². The van der Waals surface area contributed by atoms with Crippen molar-refractivity contribution in [2.45, 2.75) is 43.1 Å². The molecule has 2 aromatic rings. The first-order valence-corrected chi connectivity index (χ1v) is 7.20. The number of anilines is 1. The number of carbonyl (C=O) groups is 1. The standard InChI is InChI=1S/C11H14N6O2S/c1-6-5-9(14-19-6)12-10(18)7(2)20-11-13-15-16-17(11)8-3-4-8/h5,7-8H,3-4H2,1-2H3,(H,12,14,18)/t7-/m1/s1. The molecule has 1 amide bonds.